The van der Waals surface area contributed by atoms with E-state index in [9.17, 15) is 18.0 Å². The first-order valence-corrected chi connectivity index (χ1v) is 10.1. The van der Waals surface area contributed by atoms with E-state index in [1.54, 1.807) is 24.3 Å². The summed E-state index contributed by atoms with van der Waals surface area (Å²) in [7, 11) is 1.52. The fraction of sp³-hybridized carbons (Fsp3) is 0.300. The molecule has 3 aromatic rings. The molecule has 1 aliphatic heterocycles. The number of methoxy groups -OCH3 is 1. The highest BCUT2D eigenvalue weighted by atomic mass is 32.1. The average Bonchev–Trinajstić information content (AvgIpc) is 3.40. The van der Waals surface area contributed by atoms with Gasteiger partial charge in [-0.1, -0.05) is 18.2 Å². The molecule has 2 unspecified atom stereocenters. The van der Waals surface area contributed by atoms with Crippen molar-refractivity contribution in [2.75, 3.05) is 12.4 Å². The largest absolute Gasteiger partial charge is 0.497 e. The van der Waals surface area contributed by atoms with Crippen molar-refractivity contribution in [3.63, 3.8) is 0 Å². The zero-order valence-corrected chi connectivity index (χ0v) is 16.8. The van der Waals surface area contributed by atoms with Crippen LogP contribution in [0.25, 0.3) is 0 Å². The van der Waals surface area contributed by atoms with Crippen molar-refractivity contribution in [3.05, 3.63) is 64.0 Å². The zero-order valence-electron chi connectivity index (χ0n) is 15.9. The molecule has 2 aromatic heterocycles. The number of hydrogen-bond acceptors (Lipinski definition) is 5. The Morgan fingerprint density at radius 3 is 2.73 bits per heavy atom. The second-order valence-electron chi connectivity index (χ2n) is 6.88. The molecule has 1 aromatic carbocycles. The number of ether oxygens (including phenoxy) is 1. The lowest BCUT2D eigenvalue weighted by molar-refractivity contribution is -0.173. The van der Waals surface area contributed by atoms with Crippen LogP contribution in [0.4, 0.5) is 19.0 Å². The molecule has 10 heteroatoms. The van der Waals surface area contributed by atoms with E-state index in [0.29, 0.717) is 17.9 Å². The van der Waals surface area contributed by atoms with Crippen molar-refractivity contribution < 1.29 is 22.7 Å². The number of anilines is 1. The molecule has 0 spiro atoms. The van der Waals surface area contributed by atoms with Crippen molar-refractivity contribution in [2.24, 2.45) is 0 Å². The van der Waals surface area contributed by atoms with Crippen LogP contribution in [0.2, 0.25) is 0 Å². The Balaban J connectivity index is 1.58. The standard InChI is InChI=1S/C20H19F3N4O2S/c1-29-13-6-4-12(5-7-13)15-9-17(20(21,22)23)27-18(25-15)10-16(26-27)19(28)24-11-14-3-2-8-30-14/h2-8,10,15,17,25H,9,11H2,1H3,(H,24,28). The summed E-state index contributed by atoms with van der Waals surface area (Å²) in [5.41, 5.74) is 0.639. The van der Waals surface area contributed by atoms with Crippen molar-refractivity contribution in [1.82, 2.24) is 15.1 Å². The van der Waals surface area contributed by atoms with Gasteiger partial charge in [0.15, 0.2) is 11.7 Å². The smallest absolute Gasteiger partial charge is 0.410 e. The van der Waals surface area contributed by atoms with E-state index in [1.807, 2.05) is 17.5 Å². The first-order chi connectivity index (χ1) is 14.3. The van der Waals surface area contributed by atoms with Gasteiger partial charge in [-0.3, -0.25) is 4.79 Å². The molecule has 0 radical (unpaired) electrons. The van der Waals surface area contributed by atoms with Gasteiger partial charge in [0.25, 0.3) is 5.91 Å². The number of carbonyl (C=O) groups is 1. The molecule has 0 fully saturated rings. The first kappa shape index (κ1) is 20.3. The number of amides is 1. The second kappa shape index (κ2) is 8.02. The Hall–Kier alpha value is -3.01. The summed E-state index contributed by atoms with van der Waals surface area (Å²) < 4.78 is 47.3. The van der Waals surface area contributed by atoms with Crippen LogP contribution in [0.5, 0.6) is 5.75 Å². The summed E-state index contributed by atoms with van der Waals surface area (Å²) in [4.78, 5) is 13.4. The number of nitrogens with zero attached hydrogens (tertiary/aromatic N) is 2. The minimum Gasteiger partial charge on any atom is -0.497 e. The lowest BCUT2D eigenvalue weighted by Gasteiger charge is -2.33. The summed E-state index contributed by atoms with van der Waals surface area (Å²) in [6, 6.07) is 9.54. The molecule has 4 rings (SSSR count). The van der Waals surface area contributed by atoms with Crippen molar-refractivity contribution in [3.8, 4) is 5.75 Å². The molecule has 6 nitrogen and oxygen atoms in total. The maximum Gasteiger partial charge on any atom is 0.410 e. The van der Waals surface area contributed by atoms with Crippen molar-refractivity contribution in [1.29, 1.82) is 0 Å². The Morgan fingerprint density at radius 2 is 2.10 bits per heavy atom. The Kier molecular flexibility index (Phi) is 5.42. The number of halogens is 3. The molecule has 0 bridgehead atoms. The number of alkyl halides is 3. The molecule has 1 amide bonds. The summed E-state index contributed by atoms with van der Waals surface area (Å²) in [5.74, 6) is 0.261. The van der Waals surface area contributed by atoms with E-state index in [0.717, 1.165) is 9.56 Å². The summed E-state index contributed by atoms with van der Waals surface area (Å²) in [5, 5.41) is 11.6. The predicted molar refractivity (Wildman–Crippen MR) is 107 cm³/mol. The molecule has 0 aliphatic carbocycles. The topological polar surface area (TPSA) is 68.2 Å². The number of fused-ring (bicyclic) bond motifs is 1. The van der Waals surface area contributed by atoms with Gasteiger partial charge in [-0.25, -0.2) is 4.68 Å². The third-order valence-electron chi connectivity index (χ3n) is 4.94. The monoisotopic (exact) mass is 436 g/mol. The highest BCUT2D eigenvalue weighted by Crippen LogP contribution is 2.43. The normalized spacial score (nSPS) is 18.4. The average molecular weight is 436 g/mol. The molecule has 2 atom stereocenters. The Bertz CT molecular complexity index is 1020. The molecule has 1 aliphatic rings. The van der Waals surface area contributed by atoms with E-state index in [1.165, 1.54) is 24.5 Å². The molecule has 0 saturated carbocycles. The zero-order chi connectivity index (χ0) is 21.3. The van der Waals surface area contributed by atoms with E-state index in [4.69, 9.17) is 4.74 Å². The predicted octanol–water partition coefficient (Wildman–Crippen LogP) is 4.54. The summed E-state index contributed by atoms with van der Waals surface area (Å²) in [6.45, 7) is 0.295. The van der Waals surface area contributed by atoms with Crippen LogP contribution in [0.1, 0.15) is 39.4 Å². The molecule has 2 N–H and O–H groups in total. The third-order valence-corrected chi connectivity index (χ3v) is 5.82. The number of rotatable bonds is 5. The van der Waals surface area contributed by atoms with Crippen LogP contribution < -0.4 is 15.4 Å². The van der Waals surface area contributed by atoms with Gasteiger partial charge in [-0.15, -0.1) is 11.3 Å². The van der Waals surface area contributed by atoms with Crippen molar-refractivity contribution in [2.45, 2.75) is 31.2 Å². The van der Waals surface area contributed by atoms with Crippen LogP contribution in [0.15, 0.2) is 47.8 Å². The molecule has 3 heterocycles. The van der Waals surface area contributed by atoms with Crippen LogP contribution in [-0.2, 0) is 6.54 Å². The van der Waals surface area contributed by atoms with Gasteiger partial charge in [0, 0.05) is 17.4 Å². The fourth-order valence-electron chi connectivity index (χ4n) is 3.41. The molecular formula is C20H19F3N4O2S. The van der Waals surface area contributed by atoms with Crippen molar-refractivity contribution >= 4 is 23.1 Å². The number of carbonyl (C=O) groups excluding carboxylic acids is 1. The van der Waals surface area contributed by atoms with Gasteiger partial charge < -0.3 is 15.4 Å². The number of hydrogen-bond donors (Lipinski definition) is 2. The van der Waals surface area contributed by atoms with E-state index < -0.39 is 24.2 Å². The van der Waals surface area contributed by atoms with Gasteiger partial charge in [0.1, 0.15) is 11.6 Å². The lowest BCUT2D eigenvalue weighted by Crippen LogP contribution is -2.35. The Morgan fingerprint density at radius 1 is 1.33 bits per heavy atom. The maximum atomic E-state index is 13.8. The number of nitrogens with one attached hydrogen (secondary N) is 2. The van der Waals surface area contributed by atoms with Gasteiger partial charge >= 0.3 is 6.18 Å². The minimum absolute atomic E-state index is 0.0568. The van der Waals surface area contributed by atoms with Gasteiger partial charge in [0.05, 0.1) is 19.7 Å². The molecule has 158 valence electrons. The Labute approximate surface area is 174 Å². The van der Waals surface area contributed by atoms with Crippen LogP contribution in [-0.4, -0.2) is 29.0 Å². The van der Waals surface area contributed by atoms with Crippen LogP contribution in [0.3, 0.4) is 0 Å². The van der Waals surface area contributed by atoms with Crippen LogP contribution >= 0.6 is 11.3 Å². The third kappa shape index (κ3) is 4.13. The molecular weight excluding hydrogens is 417 g/mol. The molecule has 0 saturated heterocycles. The summed E-state index contributed by atoms with van der Waals surface area (Å²) in [6.07, 6.45) is -4.74. The fourth-order valence-corrected chi connectivity index (χ4v) is 4.05. The SMILES string of the molecule is COc1ccc(C2CC(C(F)(F)F)n3nc(C(=O)NCc4cccs4)cc3N2)cc1. The van der Waals surface area contributed by atoms with Gasteiger partial charge in [0.2, 0.25) is 0 Å². The second-order valence-corrected chi connectivity index (χ2v) is 7.92. The highest BCUT2D eigenvalue weighted by molar-refractivity contribution is 7.09. The number of aromatic nitrogens is 2. The van der Waals surface area contributed by atoms with E-state index in [-0.39, 0.29) is 17.9 Å². The van der Waals surface area contributed by atoms with Gasteiger partial charge in [-0.2, -0.15) is 18.3 Å². The first-order valence-electron chi connectivity index (χ1n) is 9.22. The maximum absolute atomic E-state index is 13.8. The molecule has 30 heavy (non-hydrogen) atoms. The van der Waals surface area contributed by atoms with E-state index in [2.05, 4.69) is 15.7 Å². The highest BCUT2D eigenvalue weighted by Gasteiger charge is 2.46. The number of benzene rings is 1. The van der Waals surface area contributed by atoms with E-state index >= 15 is 0 Å². The minimum atomic E-state index is -4.50. The van der Waals surface area contributed by atoms with Gasteiger partial charge in [-0.05, 0) is 29.1 Å². The lowest BCUT2D eigenvalue weighted by atomic mass is 9.97. The number of thiophene rings is 1. The van der Waals surface area contributed by atoms with Crippen LogP contribution in [0, 0.1) is 0 Å². The quantitative estimate of drug-likeness (QED) is 0.616. The summed E-state index contributed by atoms with van der Waals surface area (Å²) >= 11 is 1.48.